The second-order valence-electron chi connectivity index (χ2n) is 3.78. The van der Waals surface area contributed by atoms with Gasteiger partial charge in [-0.25, -0.2) is 4.39 Å². The van der Waals surface area contributed by atoms with E-state index in [-0.39, 0.29) is 12.4 Å². The van der Waals surface area contributed by atoms with Gasteiger partial charge in [0.05, 0.1) is 6.61 Å². The number of ether oxygens (including phenoxy) is 2. The Kier molecular flexibility index (Phi) is 4.18. The summed E-state index contributed by atoms with van der Waals surface area (Å²) >= 11 is 0. The van der Waals surface area contributed by atoms with Crippen LogP contribution in [0.5, 0.6) is 5.75 Å². The third kappa shape index (κ3) is 3.58. The molecule has 5 heteroatoms. The molecule has 0 unspecified atom stereocenters. The lowest BCUT2D eigenvalue weighted by molar-refractivity contribution is 0.247. The minimum Gasteiger partial charge on any atom is -0.492 e. The van der Waals surface area contributed by atoms with E-state index < -0.39 is 0 Å². The van der Waals surface area contributed by atoms with E-state index in [2.05, 4.69) is 11.7 Å². The molecule has 4 nitrogen and oxygen atoms in total. The van der Waals surface area contributed by atoms with Crippen molar-refractivity contribution in [3.8, 4) is 5.75 Å². The molecule has 0 radical (unpaired) electrons. The van der Waals surface area contributed by atoms with E-state index in [1.54, 1.807) is 18.2 Å². The van der Waals surface area contributed by atoms with Crippen molar-refractivity contribution in [2.45, 2.75) is 13.5 Å². The topological polar surface area (TPSA) is 44.5 Å². The molecule has 0 N–H and O–H groups in total. The molecular weight excluding hydrogens is 249 g/mol. The summed E-state index contributed by atoms with van der Waals surface area (Å²) in [6.45, 7) is 6.32. The maximum Gasteiger partial charge on any atom is 0.174 e. The summed E-state index contributed by atoms with van der Waals surface area (Å²) in [6, 6.07) is 7.45. The molecule has 0 saturated carbocycles. The maximum atomic E-state index is 12.7. The molecule has 2 aromatic rings. The first kappa shape index (κ1) is 13.1. The first-order valence-corrected chi connectivity index (χ1v) is 5.85. The quantitative estimate of drug-likeness (QED) is 0.749. The Balaban J connectivity index is 1.93. The molecule has 0 bridgehead atoms. The number of hydrogen-bond acceptors (Lipinski definition) is 4. The van der Waals surface area contributed by atoms with Crippen LogP contribution in [0.2, 0.25) is 0 Å². The van der Waals surface area contributed by atoms with Gasteiger partial charge in [-0.3, -0.25) is 0 Å². The first-order valence-electron chi connectivity index (χ1n) is 5.85. The highest BCUT2D eigenvalue weighted by atomic mass is 19.1. The van der Waals surface area contributed by atoms with Gasteiger partial charge in [0.25, 0.3) is 0 Å². The van der Waals surface area contributed by atoms with E-state index >= 15 is 0 Å². The molecule has 0 saturated heterocycles. The summed E-state index contributed by atoms with van der Waals surface area (Å²) < 4.78 is 28.4. The Labute approximate surface area is 110 Å². The third-order valence-electron chi connectivity index (χ3n) is 2.36. The summed E-state index contributed by atoms with van der Waals surface area (Å²) in [7, 11) is 0. The SMILES string of the molecule is C=C(OCC)c1cc(COc2ccc(F)cc2)on1. The van der Waals surface area contributed by atoms with Gasteiger partial charge in [-0.05, 0) is 31.2 Å². The first-order chi connectivity index (χ1) is 9.19. The lowest BCUT2D eigenvalue weighted by Crippen LogP contribution is -1.93. The number of benzene rings is 1. The summed E-state index contributed by atoms with van der Waals surface area (Å²) in [5.41, 5.74) is 0.541. The fourth-order valence-corrected chi connectivity index (χ4v) is 1.45. The van der Waals surface area contributed by atoms with Crippen molar-refractivity contribution in [3.05, 3.63) is 54.2 Å². The molecule has 1 aromatic heterocycles. The molecule has 0 fully saturated rings. The third-order valence-corrected chi connectivity index (χ3v) is 2.36. The summed E-state index contributed by atoms with van der Waals surface area (Å²) in [5.74, 6) is 1.25. The number of halogens is 1. The predicted octanol–water partition coefficient (Wildman–Crippen LogP) is 3.40. The smallest absolute Gasteiger partial charge is 0.174 e. The van der Waals surface area contributed by atoms with Gasteiger partial charge in [0.2, 0.25) is 0 Å². The normalized spacial score (nSPS) is 10.2. The van der Waals surface area contributed by atoms with Crippen LogP contribution in [0, 0.1) is 5.82 Å². The summed E-state index contributed by atoms with van der Waals surface area (Å²) in [5, 5.41) is 3.82. The van der Waals surface area contributed by atoms with Gasteiger partial charge in [-0.15, -0.1) is 0 Å². The van der Waals surface area contributed by atoms with E-state index in [4.69, 9.17) is 14.0 Å². The molecule has 0 aliphatic rings. The molecule has 19 heavy (non-hydrogen) atoms. The number of rotatable bonds is 6. The average molecular weight is 263 g/mol. The van der Waals surface area contributed by atoms with Crippen molar-refractivity contribution in [3.63, 3.8) is 0 Å². The molecule has 1 aromatic carbocycles. The second-order valence-corrected chi connectivity index (χ2v) is 3.78. The van der Waals surface area contributed by atoms with Gasteiger partial charge in [0.1, 0.15) is 29.6 Å². The van der Waals surface area contributed by atoms with E-state index in [0.29, 0.717) is 29.6 Å². The van der Waals surface area contributed by atoms with Crippen molar-refractivity contribution in [2.75, 3.05) is 6.61 Å². The molecule has 0 amide bonds. The van der Waals surface area contributed by atoms with Crippen LogP contribution in [0.15, 0.2) is 41.4 Å². The van der Waals surface area contributed by atoms with Gasteiger partial charge in [0, 0.05) is 6.07 Å². The van der Waals surface area contributed by atoms with Crippen LogP contribution >= 0.6 is 0 Å². The minimum atomic E-state index is -0.303. The minimum absolute atomic E-state index is 0.206. The largest absolute Gasteiger partial charge is 0.492 e. The lowest BCUT2D eigenvalue weighted by atomic mass is 10.3. The van der Waals surface area contributed by atoms with Gasteiger partial charge >= 0.3 is 0 Å². The number of hydrogen-bond donors (Lipinski definition) is 0. The van der Waals surface area contributed by atoms with E-state index in [0.717, 1.165) is 0 Å². The standard InChI is InChI=1S/C14H14FNO3/c1-3-17-10(2)14-8-13(19-16-14)9-18-12-6-4-11(15)5-7-12/h4-8H,2-3,9H2,1H3. The molecular formula is C14H14FNO3. The summed E-state index contributed by atoms with van der Waals surface area (Å²) in [6.07, 6.45) is 0. The Bertz CT molecular complexity index is 548. The van der Waals surface area contributed by atoms with E-state index in [1.165, 1.54) is 12.1 Å². The fraction of sp³-hybridized carbons (Fsp3) is 0.214. The Morgan fingerprint density at radius 1 is 1.37 bits per heavy atom. The average Bonchev–Trinajstić information content (AvgIpc) is 2.87. The van der Waals surface area contributed by atoms with Crippen molar-refractivity contribution < 1.29 is 18.4 Å². The zero-order valence-electron chi connectivity index (χ0n) is 10.6. The van der Waals surface area contributed by atoms with E-state index in [1.807, 2.05) is 6.92 Å². The van der Waals surface area contributed by atoms with E-state index in [9.17, 15) is 4.39 Å². The highest BCUT2D eigenvalue weighted by Gasteiger charge is 2.08. The van der Waals surface area contributed by atoms with Crippen molar-refractivity contribution in [1.82, 2.24) is 5.16 Å². The van der Waals surface area contributed by atoms with Gasteiger partial charge in [-0.2, -0.15) is 0 Å². The number of nitrogens with zero attached hydrogens (tertiary/aromatic N) is 1. The molecule has 1 heterocycles. The van der Waals surface area contributed by atoms with Crippen LogP contribution in [0.25, 0.3) is 5.76 Å². The second kappa shape index (κ2) is 6.04. The predicted molar refractivity (Wildman–Crippen MR) is 67.9 cm³/mol. The van der Waals surface area contributed by atoms with Crippen LogP contribution < -0.4 is 4.74 Å². The monoisotopic (exact) mass is 263 g/mol. The van der Waals surface area contributed by atoms with Gasteiger partial charge in [0.15, 0.2) is 5.76 Å². The maximum absolute atomic E-state index is 12.7. The van der Waals surface area contributed by atoms with Crippen LogP contribution in [0.4, 0.5) is 4.39 Å². The fourth-order valence-electron chi connectivity index (χ4n) is 1.45. The molecule has 2 rings (SSSR count). The Hall–Kier alpha value is -2.30. The van der Waals surface area contributed by atoms with Crippen LogP contribution in [-0.2, 0) is 11.3 Å². The van der Waals surface area contributed by atoms with Gasteiger partial charge in [-0.1, -0.05) is 11.7 Å². The van der Waals surface area contributed by atoms with Crippen LogP contribution in [0.1, 0.15) is 18.4 Å². The zero-order chi connectivity index (χ0) is 13.7. The molecule has 100 valence electrons. The molecule has 0 aliphatic heterocycles. The Morgan fingerprint density at radius 3 is 2.79 bits per heavy atom. The van der Waals surface area contributed by atoms with Gasteiger partial charge < -0.3 is 14.0 Å². The molecule has 0 aliphatic carbocycles. The molecule has 0 spiro atoms. The van der Waals surface area contributed by atoms with Crippen LogP contribution in [0.3, 0.4) is 0 Å². The summed E-state index contributed by atoms with van der Waals surface area (Å²) in [4.78, 5) is 0. The number of aromatic nitrogens is 1. The zero-order valence-corrected chi connectivity index (χ0v) is 10.6. The Morgan fingerprint density at radius 2 is 2.11 bits per heavy atom. The van der Waals surface area contributed by atoms with Crippen LogP contribution in [-0.4, -0.2) is 11.8 Å². The van der Waals surface area contributed by atoms with Crippen molar-refractivity contribution >= 4 is 5.76 Å². The highest BCUT2D eigenvalue weighted by Crippen LogP contribution is 2.17. The van der Waals surface area contributed by atoms with Crippen molar-refractivity contribution in [2.24, 2.45) is 0 Å². The lowest BCUT2D eigenvalue weighted by Gasteiger charge is -2.02. The van der Waals surface area contributed by atoms with Crippen molar-refractivity contribution in [1.29, 1.82) is 0 Å². The highest BCUT2D eigenvalue weighted by molar-refractivity contribution is 5.52. The molecule has 0 atom stereocenters.